The van der Waals surface area contributed by atoms with Crippen LogP contribution in [0.3, 0.4) is 0 Å². The van der Waals surface area contributed by atoms with Gasteiger partial charge in [0, 0.05) is 17.1 Å². The number of hydrogen-bond donors (Lipinski definition) is 0. The van der Waals surface area contributed by atoms with E-state index in [0.29, 0.717) is 0 Å². The summed E-state index contributed by atoms with van der Waals surface area (Å²) in [5, 5.41) is 4.98. The standard InChI is InChI=1S/C69H47N/c1-3-15-48(16-4-1)50-29-37-56(38-30-50)69(57-39-31-51(32-40-57)49-17-5-2-6-18-49)67-28-12-11-25-65(67)66-46-45-60(47-68(66)69)70(58-41-33-54(34-42-58)63-26-13-21-52-19-7-9-23-61(52)63)59-43-35-55(36-44-59)64-27-14-22-53-20-8-10-24-62(53)64/h1-47H. The van der Waals surface area contributed by atoms with Crippen LogP contribution < -0.4 is 4.90 Å². The molecule has 70 heavy (non-hydrogen) atoms. The summed E-state index contributed by atoms with van der Waals surface area (Å²) in [6.45, 7) is 0. The summed E-state index contributed by atoms with van der Waals surface area (Å²) < 4.78 is 0. The molecule has 0 saturated carbocycles. The van der Waals surface area contributed by atoms with Gasteiger partial charge >= 0.3 is 0 Å². The van der Waals surface area contributed by atoms with Crippen molar-refractivity contribution in [3.63, 3.8) is 0 Å². The summed E-state index contributed by atoms with van der Waals surface area (Å²) in [5.74, 6) is 0. The number of fused-ring (bicyclic) bond motifs is 5. The molecule has 0 amide bonds. The third-order valence-corrected chi connectivity index (χ3v) is 14.6. The minimum Gasteiger partial charge on any atom is -0.310 e. The molecule has 0 saturated heterocycles. The lowest BCUT2D eigenvalue weighted by Crippen LogP contribution is -2.28. The van der Waals surface area contributed by atoms with Gasteiger partial charge in [-0.1, -0.05) is 249 Å². The Morgan fingerprint density at radius 2 is 0.600 bits per heavy atom. The van der Waals surface area contributed by atoms with Crippen LogP contribution in [0, 0.1) is 0 Å². The number of hydrogen-bond acceptors (Lipinski definition) is 1. The van der Waals surface area contributed by atoms with Crippen molar-refractivity contribution in [3.05, 3.63) is 307 Å². The van der Waals surface area contributed by atoms with Gasteiger partial charge in [0.2, 0.25) is 0 Å². The van der Waals surface area contributed by atoms with E-state index in [9.17, 15) is 0 Å². The molecule has 328 valence electrons. The topological polar surface area (TPSA) is 3.24 Å². The third-order valence-electron chi connectivity index (χ3n) is 14.6. The van der Waals surface area contributed by atoms with Crippen LogP contribution >= 0.6 is 0 Å². The van der Waals surface area contributed by atoms with Crippen molar-refractivity contribution < 1.29 is 0 Å². The van der Waals surface area contributed by atoms with Gasteiger partial charge < -0.3 is 4.90 Å². The molecule has 1 nitrogen and oxygen atoms in total. The van der Waals surface area contributed by atoms with E-state index in [2.05, 4.69) is 290 Å². The van der Waals surface area contributed by atoms with Crippen LogP contribution in [-0.4, -0.2) is 0 Å². The van der Waals surface area contributed by atoms with Crippen molar-refractivity contribution in [1.29, 1.82) is 0 Å². The predicted octanol–water partition coefficient (Wildman–Crippen LogP) is 18.5. The second kappa shape index (κ2) is 17.2. The first-order valence-corrected chi connectivity index (χ1v) is 24.2. The first-order chi connectivity index (χ1) is 34.7. The SMILES string of the molecule is c1ccc(-c2ccc(C3(c4ccc(-c5ccccc5)cc4)c4ccccc4-c4ccc(N(c5ccc(-c6cccc7ccccc67)cc5)c5ccc(-c6cccc7ccccc67)cc5)cc43)cc2)cc1. The van der Waals surface area contributed by atoms with E-state index in [4.69, 9.17) is 0 Å². The molecule has 0 heterocycles. The van der Waals surface area contributed by atoms with E-state index in [1.54, 1.807) is 0 Å². The molecule has 1 aliphatic rings. The van der Waals surface area contributed by atoms with Crippen molar-refractivity contribution in [3.8, 4) is 55.6 Å². The molecule has 0 aromatic heterocycles. The summed E-state index contributed by atoms with van der Waals surface area (Å²) in [5.41, 5.74) is 19.8. The van der Waals surface area contributed by atoms with Gasteiger partial charge in [0.25, 0.3) is 0 Å². The minimum atomic E-state index is -0.617. The number of anilines is 3. The molecule has 0 aliphatic heterocycles. The molecule has 0 radical (unpaired) electrons. The minimum absolute atomic E-state index is 0.617. The largest absolute Gasteiger partial charge is 0.310 e. The van der Waals surface area contributed by atoms with Crippen LogP contribution in [0.5, 0.6) is 0 Å². The Labute approximate surface area is 409 Å². The fourth-order valence-electron chi connectivity index (χ4n) is 11.3. The smallest absolute Gasteiger partial charge is 0.0714 e. The molecule has 1 heteroatoms. The van der Waals surface area contributed by atoms with Gasteiger partial charge in [-0.3, -0.25) is 0 Å². The fraction of sp³-hybridized carbons (Fsp3) is 0.0145. The lowest BCUT2D eigenvalue weighted by molar-refractivity contribution is 0.768. The van der Waals surface area contributed by atoms with E-state index in [1.165, 1.54) is 99.4 Å². The first-order valence-electron chi connectivity index (χ1n) is 24.2. The van der Waals surface area contributed by atoms with Gasteiger partial charge in [-0.2, -0.15) is 0 Å². The zero-order valence-electron chi connectivity index (χ0n) is 38.6. The maximum atomic E-state index is 2.47. The molecule has 12 aromatic rings. The van der Waals surface area contributed by atoms with Crippen molar-refractivity contribution >= 4 is 38.6 Å². The van der Waals surface area contributed by atoms with Crippen molar-refractivity contribution in [2.75, 3.05) is 4.90 Å². The average Bonchev–Trinajstić information content (AvgIpc) is 3.74. The van der Waals surface area contributed by atoms with Crippen molar-refractivity contribution in [2.45, 2.75) is 5.41 Å². The van der Waals surface area contributed by atoms with Crippen LogP contribution in [0.25, 0.3) is 77.2 Å². The van der Waals surface area contributed by atoms with Gasteiger partial charge in [0.05, 0.1) is 5.41 Å². The Morgan fingerprint density at radius 1 is 0.229 bits per heavy atom. The monoisotopic (exact) mass is 889 g/mol. The van der Waals surface area contributed by atoms with E-state index in [1.807, 2.05) is 0 Å². The highest BCUT2D eigenvalue weighted by Crippen LogP contribution is 2.57. The van der Waals surface area contributed by atoms with E-state index >= 15 is 0 Å². The molecular formula is C69H47N. The van der Waals surface area contributed by atoms with E-state index in [0.717, 1.165) is 17.1 Å². The molecule has 0 unspecified atom stereocenters. The van der Waals surface area contributed by atoms with Crippen LogP contribution in [0.4, 0.5) is 17.1 Å². The molecule has 0 atom stereocenters. The Kier molecular flexibility index (Phi) is 10.1. The van der Waals surface area contributed by atoms with Crippen LogP contribution in [0.2, 0.25) is 0 Å². The summed E-state index contributed by atoms with van der Waals surface area (Å²) >= 11 is 0. The van der Waals surface area contributed by atoms with Gasteiger partial charge in [-0.05, 0) is 136 Å². The van der Waals surface area contributed by atoms with Gasteiger partial charge in [-0.15, -0.1) is 0 Å². The van der Waals surface area contributed by atoms with E-state index in [-0.39, 0.29) is 0 Å². The molecule has 0 bridgehead atoms. The zero-order chi connectivity index (χ0) is 46.4. The lowest BCUT2D eigenvalue weighted by Gasteiger charge is -2.35. The van der Waals surface area contributed by atoms with Crippen LogP contribution in [0.1, 0.15) is 22.3 Å². The summed E-state index contributed by atoms with van der Waals surface area (Å²) in [7, 11) is 0. The molecule has 13 rings (SSSR count). The van der Waals surface area contributed by atoms with Gasteiger partial charge in [0.1, 0.15) is 0 Å². The van der Waals surface area contributed by atoms with Crippen LogP contribution in [0.15, 0.2) is 285 Å². The van der Waals surface area contributed by atoms with Crippen molar-refractivity contribution in [2.24, 2.45) is 0 Å². The third kappa shape index (κ3) is 6.94. The van der Waals surface area contributed by atoms with Crippen molar-refractivity contribution in [1.82, 2.24) is 0 Å². The summed E-state index contributed by atoms with van der Waals surface area (Å²) in [4.78, 5) is 2.44. The second-order valence-electron chi connectivity index (χ2n) is 18.4. The highest BCUT2D eigenvalue weighted by Gasteiger charge is 2.46. The molecule has 0 N–H and O–H groups in total. The average molecular weight is 890 g/mol. The Hall–Kier alpha value is -9.04. The van der Waals surface area contributed by atoms with Crippen LogP contribution in [-0.2, 0) is 5.41 Å². The molecule has 1 aliphatic carbocycles. The van der Waals surface area contributed by atoms with Gasteiger partial charge in [-0.25, -0.2) is 0 Å². The summed E-state index contributed by atoms with van der Waals surface area (Å²) in [6, 6.07) is 105. The first kappa shape index (κ1) is 41.2. The second-order valence-corrected chi connectivity index (χ2v) is 18.4. The predicted molar refractivity (Wildman–Crippen MR) is 295 cm³/mol. The molecule has 12 aromatic carbocycles. The maximum absolute atomic E-state index is 2.47. The molecule has 0 fully saturated rings. The lowest BCUT2D eigenvalue weighted by atomic mass is 9.67. The normalized spacial score (nSPS) is 12.4. The van der Waals surface area contributed by atoms with E-state index < -0.39 is 5.41 Å². The number of nitrogens with zero attached hydrogens (tertiary/aromatic N) is 1. The highest BCUT2D eigenvalue weighted by molar-refractivity contribution is 5.99. The quantitative estimate of drug-likeness (QED) is 0.140. The van der Waals surface area contributed by atoms with Gasteiger partial charge in [0.15, 0.2) is 0 Å². The molecular weight excluding hydrogens is 843 g/mol. The Balaban J connectivity index is 1.01. The zero-order valence-corrected chi connectivity index (χ0v) is 38.6. The molecule has 0 spiro atoms. The number of rotatable bonds is 9. The highest BCUT2D eigenvalue weighted by atomic mass is 15.1. The summed E-state index contributed by atoms with van der Waals surface area (Å²) in [6.07, 6.45) is 0. The number of benzene rings is 12. The fourth-order valence-corrected chi connectivity index (χ4v) is 11.3. The maximum Gasteiger partial charge on any atom is 0.0714 e. The Morgan fingerprint density at radius 3 is 1.11 bits per heavy atom. The Bertz CT molecular complexity index is 3620.